The predicted molar refractivity (Wildman–Crippen MR) is 96.0 cm³/mol. The van der Waals surface area contributed by atoms with Gasteiger partial charge in [0.1, 0.15) is 0 Å². The highest BCUT2D eigenvalue weighted by Crippen LogP contribution is 2.21. The Balaban J connectivity index is 2.03. The van der Waals surface area contributed by atoms with Crippen LogP contribution in [-0.2, 0) is 21.2 Å². The Labute approximate surface area is 150 Å². The molecule has 0 bridgehead atoms. The number of hydrogen-bond donors (Lipinski definition) is 2. The minimum atomic E-state index is -3.73. The lowest BCUT2D eigenvalue weighted by Crippen LogP contribution is -2.33. The molecule has 0 aliphatic rings. The van der Waals surface area contributed by atoms with Crippen LogP contribution in [0.15, 0.2) is 34.5 Å². The molecule has 2 rings (SSSR count). The van der Waals surface area contributed by atoms with E-state index in [-0.39, 0.29) is 28.4 Å². The van der Waals surface area contributed by atoms with Crippen LogP contribution >= 0.6 is 22.9 Å². The van der Waals surface area contributed by atoms with E-state index in [2.05, 4.69) is 15.0 Å². The molecule has 0 saturated carbocycles. The number of rotatable bonds is 7. The molecule has 6 nitrogen and oxygen atoms in total. The van der Waals surface area contributed by atoms with E-state index in [1.165, 1.54) is 24.3 Å². The molecular formula is C15H18ClN3O3S2. The lowest BCUT2D eigenvalue weighted by atomic mass is 10.2. The van der Waals surface area contributed by atoms with Crippen molar-refractivity contribution in [1.82, 2.24) is 10.3 Å². The highest BCUT2D eigenvalue weighted by Gasteiger charge is 2.17. The Morgan fingerprint density at radius 3 is 2.62 bits per heavy atom. The van der Waals surface area contributed by atoms with Gasteiger partial charge in [0.2, 0.25) is 5.91 Å². The number of amides is 1. The highest BCUT2D eigenvalue weighted by atomic mass is 35.5. The molecule has 0 spiro atoms. The Morgan fingerprint density at radius 2 is 2.00 bits per heavy atom. The fourth-order valence-corrected chi connectivity index (χ4v) is 3.90. The first-order valence-electron chi connectivity index (χ1n) is 7.32. The van der Waals surface area contributed by atoms with E-state index in [0.29, 0.717) is 10.7 Å². The summed E-state index contributed by atoms with van der Waals surface area (Å²) in [6.07, 6.45) is 0.957. The molecule has 0 aliphatic carbocycles. The molecule has 0 aliphatic heterocycles. The molecule has 9 heteroatoms. The van der Waals surface area contributed by atoms with Crippen LogP contribution < -0.4 is 10.0 Å². The third-order valence-electron chi connectivity index (χ3n) is 3.26. The molecule has 1 aromatic heterocycles. The number of sulfonamides is 1. The van der Waals surface area contributed by atoms with Crippen LogP contribution in [0.4, 0.5) is 5.13 Å². The first-order chi connectivity index (χ1) is 11.3. The van der Waals surface area contributed by atoms with E-state index in [9.17, 15) is 13.2 Å². The van der Waals surface area contributed by atoms with Gasteiger partial charge in [0, 0.05) is 16.4 Å². The third kappa shape index (κ3) is 5.19. The Hall–Kier alpha value is -1.64. The summed E-state index contributed by atoms with van der Waals surface area (Å²) in [7, 11) is -3.73. The summed E-state index contributed by atoms with van der Waals surface area (Å²) in [6, 6.07) is 5.93. The van der Waals surface area contributed by atoms with Gasteiger partial charge >= 0.3 is 0 Å². The lowest BCUT2D eigenvalue weighted by Gasteiger charge is -2.10. The molecule has 1 amide bonds. The number of nitrogens with one attached hydrogen (secondary N) is 2. The summed E-state index contributed by atoms with van der Waals surface area (Å²) >= 11 is 6.89. The normalized spacial score (nSPS) is 12.6. The molecule has 0 radical (unpaired) electrons. The van der Waals surface area contributed by atoms with Crippen molar-refractivity contribution in [1.29, 1.82) is 0 Å². The Bertz CT molecular complexity index is 804. The van der Waals surface area contributed by atoms with Crippen molar-refractivity contribution in [2.45, 2.75) is 37.6 Å². The van der Waals surface area contributed by atoms with Crippen LogP contribution in [-0.4, -0.2) is 25.4 Å². The van der Waals surface area contributed by atoms with Crippen molar-refractivity contribution < 1.29 is 13.2 Å². The van der Waals surface area contributed by atoms with E-state index in [1.54, 1.807) is 5.38 Å². The first-order valence-corrected chi connectivity index (χ1v) is 10.1. The van der Waals surface area contributed by atoms with Crippen molar-refractivity contribution in [2.24, 2.45) is 0 Å². The maximum Gasteiger partial charge on any atom is 0.263 e. The average molecular weight is 388 g/mol. The van der Waals surface area contributed by atoms with Crippen molar-refractivity contribution in [2.75, 3.05) is 4.72 Å². The van der Waals surface area contributed by atoms with E-state index < -0.39 is 10.0 Å². The molecule has 1 aromatic carbocycles. The fourth-order valence-electron chi connectivity index (χ4n) is 1.82. The van der Waals surface area contributed by atoms with Gasteiger partial charge in [0.25, 0.3) is 10.0 Å². The molecule has 2 aromatic rings. The monoisotopic (exact) mass is 387 g/mol. The fraction of sp³-hybridized carbons (Fsp3) is 0.333. The van der Waals surface area contributed by atoms with Gasteiger partial charge in [0.05, 0.1) is 17.0 Å². The van der Waals surface area contributed by atoms with Gasteiger partial charge in [-0.25, -0.2) is 13.4 Å². The Morgan fingerprint density at radius 1 is 1.33 bits per heavy atom. The van der Waals surface area contributed by atoms with Crippen LogP contribution in [0, 0.1) is 0 Å². The van der Waals surface area contributed by atoms with Crippen LogP contribution in [0.25, 0.3) is 0 Å². The van der Waals surface area contributed by atoms with E-state index >= 15 is 0 Å². The topological polar surface area (TPSA) is 88.2 Å². The smallest absolute Gasteiger partial charge is 0.263 e. The number of aromatic nitrogens is 1. The largest absolute Gasteiger partial charge is 0.353 e. The molecule has 24 heavy (non-hydrogen) atoms. The number of halogens is 1. The van der Waals surface area contributed by atoms with Gasteiger partial charge in [-0.2, -0.15) is 0 Å². The second-order valence-corrected chi connectivity index (χ2v) is 8.23. The SMILES string of the molecule is CC[C@@H](C)NC(=O)Cc1csc(NS(=O)(=O)c2ccc(Cl)cc2)n1. The zero-order valence-corrected chi connectivity index (χ0v) is 15.6. The summed E-state index contributed by atoms with van der Waals surface area (Å²) in [4.78, 5) is 16.1. The average Bonchev–Trinajstić information content (AvgIpc) is 2.93. The van der Waals surface area contributed by atoms with E-state index in [0.717, 1.165) is 17.8 Å². The second-order valence-electron chi connectivity index (χ2n) is 5.26. The van der Waals surface area contributed by atoms with Gasteiger partial charge in [-0.05, 0) is 37.6 Å². The summed E-state index contributed by atoms with van der Waals surface area (Å²) in [5.41, 5.74) is 0.523. The predicted octanol–water partition coefficient (Wildman–Crippen LogP) is 3.05. The molecule has 0 saturated heterocycles. The number of benzene rings is 1. The maximum atomic E-state index is 12.3. The molecule has 0 unspecified atom stereocenters. The number of carbonyl (C=O) groups excluding carboxylic acids is 1. The van der Waals surface area contributed by atoms with Gasteiger partial charge in [-0.3, -0.25) is 9.52 Å². The van der Waals surface area contributed by atoms with E-state index in [4.69, 9.17) is 11.6 Å². The number of hydrogen-bond acceptors (Lipinski definition) is 5. The zero-order valence-electron chi connectivity index (χ0n) is 13.2. The maximum absolute atomic E-state index is 12.3. The zero-order chi connectivity index (χ0) is 17.7. The Kier molecular flexibility index (Phi) is 6.20. The summed E-state index contributed by atoms with van der Waals surface area (Å²) in [5.74, 6) is -0.137. The third-order valence-corrected chi connectivity index (χ3v) is 5.80. The minimum absolute atomic E-state index is 0.0955. The standard InChI is InChI=1S/C15H18ClN3O3S2/c1-3-10(2)17-14(20)8-12-9-23-15(18-12)19-24(21,22)13-6-4-11(16)5-7-13/h4-7,9-10H,3,8H2,1-2H3,(H,17,20)(H,18,19)/t10-/m1/s1. The van der Waals surface area contributed by atoms with Gasteiger partial charge in [-0.15, -0.1) is 11.3 Å². The highest BCUT2D eigenvalue weighted by molar-refractivity contribution is 7.93. The van der Waals surface area contributed by atoms with Gasteiger partial charge in [-0.1, -0.05) is 18.5 Å². The quantitative estimate of drug-likeness (QED) is 0.764. The molecule has 130 valence electrons. The minimum Gasteiger partial charge on any atom is -0.353 e. The lowest BCUT2D eigenvalue weighted by molar-refractivity contribution is -0.121. The summed E-state index contributed by atoms with van der Waals surface area (Å²) in [5, 5.41) is 5.18. The van der Waals surface area contributed by atoms with Crippen LogP contribution in [0.5, 0.6) is 0 Å². The van der Waals surface area contributed by atoms with Crippen LogP contribution in [0.2, 0.25) is 5.02 Å². The molecular weight excluding hydrogens is 370 g/mol. The summed E-state index contributed by atoms with van der Waals surface area (Å²) < 4.78 is 26.9. The van der Waals surface area contributed by atoms with Gasteiger partial charge < -0.3 is 5.32 Å². The van der Waals surface area contributed by atoms with Crippen molar-refractivity contribution in [3.8, 4) is 0 Å². The van der Waals surface area contributed by atoms with E-state index in [1.807, 2.05) is 13.8 Å². The second kappa shape index (κ2) is 7.96. The number of nitrogens with zero attached hydrogens (tertiary/aromatic N) is 1. The summed E-state index contributed by atoms with van der Waals surface area (Å²) in [6.45, 7) is 3.90. The molecule has 2 N–H and O–H groups in total. The van der Waals surface area contributed by atoms with Crippen molar-refractivity contribution >= 4 is 44.0 Å². The van der Waals surface area contributed by atoms with Crippen molar-refractivity contribution in [3.63, 3.8) is 0 Å². The van der Waals surface area contributed by atoms with Crippen molar-refractivity contribution in [3.05, 3.63) is 40.4 Å². The number of carbonyl (C=O) groups is 1. The number of anilines is 1. The first kappa shape index (κ1) is 18.7. The molecule has 1 heterocycles. The van der Waals surface area contributed by atoms with Gasteiger partial charge in [0.15, 0.2) is 5.13 Å². The van der Waals surface area contributed by atoms with Crippen LogP contribution in [0.3, 0.4) is 0 Å². The van der Waals surface area contributed by atoms with Crippen LogP contribution in [0.1, 0.15) is 26.0 Å². The molecule has 1 atom stereocenters. The number of thiazole rings is 1. The molecule has 0 fully saturated rings.